The Balaban J connectivity index is 1.97. The van der Waals surface area contributed by atoms with Crippen LogP contribution in [-0.2, 0) is 0 Å². The van der Waals surface area contributed by atoms with E-state index < -0.39 is 0 Å². The Morgan fingerprint density at radius 1 is 0.957 bits per heavy atom. The van der Waals surface area contributed by atoms with Crippen molar-refractivity contribution in [1.82, 2.24) is 0 Å². The molecule has 0 N–H and O–H groups in total. The normalized spacial score (nSPS) is 10.0. The van der Waals surface area contributed by atoms with Crippen molar-refractivity contribution in [3.05, 3.63) is 46.4 Å². The van der Waals surface area contributed by atoms with Crippen molar-refractivity contribution in [3.8, 4) is 23.0 Å². The molecule has 0 saturated heterocycles. The Kier molecular flexibility index (Phi) is 6.29. The van der Waals surface area contributed by atoms with Gasteiger partial charge in [-0.05, 0) is 40.2 Å². The number of rotatable bonds is 8. The Bertz CT molecular complexity index is 672. The largest absolute Gasteiger partial charge is 0.493 e. The van der Waals surface area contributed by atoms with Crippen LogP contribution in [0.1, 0.15) is 10.4 Å². The monoisotopic (exact) mass is 380 g/mol. The van der Waals surface area contributed by atoms with Gasteiger partial charge in [-0.3, -0.25) is 4.79 Å². The number of benzene rings is 2. The Morgan fingerprint density at radius 2 is 1.61 bits per heavy atom. The fourth-order valence-electron chi connectivity index (χ4n) is 1.98. The second kappa shape index (κ2) is 8.43. The molecule has 2 aromatic carbocycles. The topological polar surface area (TPSA) is 54.0 Å². The lowest BCUT2D eigenvalue weighted by molar-refractivity contribution is 0.112. The Labute approximate surface area is 143 Å². The number of carbonyl (C=O) groups excluding carboxylic acids is 1. The summed E-state index contributed by atoms with van der Waals surface area (Å²) in [7, 11) is 3.11. The summed E-state index contributed by atoms with van der Waals surface area (Å²) in [6.07, 6.45) is 0.752. The van der Waals surface area contributed by atoms with Crippen molar-refractivity contribution in [2.75, 3.05) is 27.4 Å². The van der Waals surface area contributed by atoms with E-state index in [0.717, 1.165) is 6.29 Å². The summed E-state index contributed by atoms with van der Waals surface area (Å²) in [5, 5.41) is 0. The summed E-state index contributed by atoms with van der Waals surface area (Å²) >= 11 is 3.37. The van der Waals surface area contributed by atoms with Gasteiger partial charge < -0.3 is 18.9 Å². The summed E-state index contributed by atoms with van der Waals surface area (Å²) in [5.41, 5.74) is 0.506. The van der Waals surface area contributed by atoms with Crippen molar-refractivity contribution in [3.63, 3.8) is 0 Å². The molecule has 0 aliphatic carbocycles. The lowest BCUT2D eigenvalue weighted by Gasteiger charge is -2.14. The third kappa shape index (κ3) is 4.39. The quantitative estimate of drug-likeness (QED) is 0.515. The first kappa shape index (κ1) is 17.1. The molecule has 2 rings (SSSR count). The van der Waals surface area contributed by atoms with Gasteiger partial charge in [0.05, 0.1) is 18.7 Å². The minimum atomic E-state index is 0.313. The smallest absolute Gasteiger partial charge is 0.175 e. The number of carbonyl (C=O) groups is 1. The summed E-state index contributed by atoms with van der Waals surface area (Å²) in [4.78, 5) is 10.9. The zero-order valence-electron chi connectivity index (χ0n) is 12.9. The van der Waals surface area contributed by atoms with Gasteiger partial charge in [-0.25, -0.2) is 0 Å². The lowest BCUT2D eigenvalue weighted by Crippen LogP contribution is -2.10. The molecule has 0 heterocycles. The molecule has 0 bridgehead atoms. The molecule has 0 aliphatic heterocycles. The van der Waals surface area contributed by atoms with E-state index in [9.17, 15) is 4.79 Å². The second-order valence-corrected chi connectivity index (χ2v) is 5.35. The van der Waals surface area contributed by atoms with Crippen molar-refractivity contribution in [1.29, 1.82) is 0 Å². The van der Waals surface area contributed by atoms with E-state index >= 15 is 0 Å². The first-order chi connectivity index (χ1) is 11.2. The number of aldehydes is 1. The van der Waals surface area contributed by atoms with E-state index in [1.807, 2.05) is 24.3 Å². The van der Waals surface area contributed by atoms with E-state index in [0.29, 0.717) is 46.2 Å². The lowest BCUT2D eigenvalue weighted by atomic mass is 10.2. The number of para-hydroxylation sites is 2. The maximum absolute atomic E-state index is 10.9. The number of halogens is 1. The highest BCUT2D eigenvalue weighted by Gasteiger charge is 2.12. The molecule has 0 atom stereocenters. The highest BCUT2D eigenvalue weighted by Crippen LogP contribution is 2.36. The molecular formula is C17H17BrO5. The van der Waals surface area contributed by atoms with Crippen LogP contribution >= 0.6 is 15.9 Å². The van der Waals surface area contributed by atoms with E-state index in [-0.39, 0.29) is 0 Å². The molecule has 6 heteroatoms. The van der Waals surface area contributed by atoms with Crippen LogP contribution in [0.4, 0.5) is 0 Å². The molecule has 23 heavy (non-hydrogen) atoms. The minimum Gasteiger partial charge on any atom is -0.493 e. The fourth-order valence-corrected chi connectivity index (χ4v) is 2.56. The average molecular weight is 381 g/mol. The molecule has 0 spiro atoms. The first-order valence-corrected chi connectivity index (χ1v) is 7.70. The van der Waals surface area contributed by atoms with Crippen molar-refractivity contribution >= 4 is 22.2 Å². The maximum Gasteiger partial charge on any atom is 0.175 e. The molecule has 0 aliphatic rings. The molecule has 0 aromatic heterocycles. The van der Waals surface area contributed by atoms with Gasteiger partial charge in [-0.1, -0.05) is 12.1 Å². The number of hydrogen-bond donors (Lipinski definition) is 0. The summed E-state index contributed by atoms with van der Waals surface area (Å²) in [6, 6.07) is 10.7. The van der Waals surface area contributed by atoms with Crippen LogP contribution in [0.25, 0.3) is 0 Å². The van der Waals surface area contributed by atoms with Crippen LogP contribution in [0.5, 0.6) is 23.0 Å². The summed E-state index contributed by atoms with van der Waals surface area (Å²) in [6.45, 7) is 0.652. The van der Waals surface area contributed by atoms with Gasteiger partial charge in [0.15, 0.2) is 23.0 Å². The van der Waals surface area contributed by atoms with Crippen molar-refractivity contribution in [2.24, 2.45) is 0 Å². The van der Waals surface area contributed by atoms with Crippen LogP contribution in [-0.4, -0.2) is 33.7 Å². The maximum atomic E-state index is 10.9. The highest BCUT2D eigenvalue weighted by molar-refractivity contribution is 9.10. The van der Waals surface area contributed by atoms with Crippen LogP contribution in [0, 0.1) is 0 Å². The van der Waals surface area contributed by atoms with Gasteiger partial charge in [0.1, 0.15) is 19.5 Å². The van der Waals surface area contributed by atoms with E-state index in [4.69, 9.17) is 18.9 Å². The zero-order valence-corrected chi connectivity index (χ0v) is 14.5. The molecule has 0 amide bonds. The number of hydrogen-bond acceptors (Lipinski definition) is 5. The molecule has 5 nitrogen and oxygen atoms in total. The van der Waals surface area contributed by atoms with Gasteiger partial charge >= 0.3 is 0 Å². The molecule has 2 aromatic rings. The highest BCUT2D eigenvalue weighted by atomic mass is 79.9. The molecule has 0 radical (unpaired) electrons. The second-order valence-electron chi connectivity index (χ2n) is 4.50. The molecule has 122 valence electrons. The van der Waals surface area contributed by atoms with Crippen LogP contribution in [0.3, 0.4) is 0 Å². The van der Waals surface area contributed by atoms with Gasteiger partial charge in [0.25, 0.3) is 0 Å². The minimum absolute atomic E-state index is 0.313. The number of ether oxygens (including phenoxy) is 4. The van der Waals surface area contributed by atoms with Crippen LogP contribution in [0.2, 0.25) is 0 Å². The average Bonchev–Trinajstić information content (AvgIpc) is 2.59. The standard InChI is InChI=1S/C17H17BrO5/c1-20-14-5-3-4-6-15(14)22-7-8-23-17-13(18)9-12(11-19)10-16(17)21-2/h3-6,9-11H,7-8H2,1-2H3. The molecular weight excluding hydrogens is 364 g/mol. The van der Waals surface area contributed by atoms with Crippen LogP contribution in [0.15, 0.2) is 40.9 Å². The van der Waals surface area contributed by atoms with Crippen molar-refractivity contribution < 1.29 is 23.7 Å². The Hall–Kier alpha value is -2.21. The predicted octanol–water partition coefficient (Wildman–Crippen LogP) is 3.74. The van der Waals surface area contributed by atoms with Gasteiger partial charge in [-0.15, -0.1) is 0 Å². The number of methoxy groups -OCH3 is 2. The molecule has 0 fully saturated rings. The molecule has 0 saturated carbocycles. The van der Waals surface area contributed by atoms with Gasteiger partial charge in [-0.2, -0.15) is 0 Å². The van der Waals surface area contributed by atoms with E-state index in [1.165, 1.54) is 7.11 Å². The third-order valence-corrected chi connectivity index (χ3v) is 3.63. The van der Waals surface area contributed by atoms with Crippen molar-refractivity contribution in [2.45, 2.75) is 0 Å². The predicted molar refractivity (Wildman–Crippen MR) is 90.1 cm³/mol. The summed E-state index contributed by atoms with van der Waals surface area (Å²) in [5.74, 6) is 2.34. The third-order valence-electron chi connectivity index (χ3n) is 3.04. The fraction of sp³-hybridized carbons (Fsp3) is 0.235. The van der Waals surface area contributed by atoms with Gasteiger partial charge in [0, 0.05) is 5.56 Å². The van der Waals surface area contributed by atoms with E-state index in [2.05, 4.69) is 15.9 Å². The Morgan fingerprint density at radius 3 is 2.26 bits per heavy atom. The molecule has 0 unspecified atom stereocenters. The first-order valence-electron chi connectivity index (χ1n) is 6.91. The van der Waals surface area contributed by atoms with Crippen LogP contribution < -0.4 is 18.9 Å². The SMILES string of the molecule is COc1ccccc1OCCOc1c(Br)cc(C=O)cc1OC. The zero-order chi connectivity index (χ0) is 16.7. The van der Waals surface area contributed by atoms with Gasteiger partial charge in [0.2, 0.25) is 0 Å². The summed E-state index contributed by atoms with van der Waals surface area (Å²) < 4.78 is 22.5. The van der Waals surface area contributed by atoms with E-state index in [1.54, 1.807) is 19.2 Å².